The predicted octanol–water partition coefficient (Wildman–Crippen LogP) is 1.91. The molecule has 0 saturated heterocycles. The van der Waals surface area contributed by atoms with Crippen molar-refractivity contribution in [3.05, 3.63) is 22.2 Å². The summed E-state index contributed by atoms with van der Waals surface area (Å²) in [6.07, 6.45) is 0.325. The third-order valence-electron chi connectivity index (χ3n) is 2.57. The molecule has 1 rings (SSSR count). The lowest BCUT2D eigenvalue weighted by molar-refractivity contribution is -0.384. The first-order valence-electron chi connectivity index (χ1n) is 6.04. The number of hydrogen-bond acceptors (Lipinski definition) is 6. The van der Waals surface area contributed by atoms with E-state index in [0.717, 1.165) is 0 Å². The van der Waals surface area contributed by atoms with Crippen LogP contribution in [0.2, 0.25) is 0 Å². The molecule has 1 aromatic rings. The van der Waals surface area contributed by atoms with Crippen LogP contribution in [0.25, 0.3) is 0 Å². The minimum Gasteiger partial charge on any atom is -0.481 e. The fourth-order valence-electron chi connectivity index (χ4n) is 1.66. The van der Waals surface area contributed by atoms with Gasteiger partial charge in [-0.05, 0) is 12.3 Å². The van der Waals surface area contributed by atoms with Gasteiger partial charge < -0.3 is 15.2 Å². The molecule has 20 heavy (non-hydrogen) atoms. The van der Waals surface area contributed by atoms with E-state index in [9.17, 15) is 14.9 Å². The Kier molecular flexibility index (Phi) is 5.24. The van der Waals surface area contributed by atoms with E-state index in [1.54, 1.807) is 0 Å². The predicted molar refractivity (Wildman–Crippen MR) is 71.9 cm³/mol. The average Bonchev–Trinajstić information content (AvgIpc) is 2.36. The Balaban J connectivity index is 3.09. The molecule has 0 radical (unpaired) electrons. The number of carboxylic acid groups (broad SMARTS) is 1. The van der Waals surface area contributed by atoms with Crippen LogP contribution in [-0.2, 0) is 4.79 Å². The molecule has 0 spiro atoms. The highest BCUT2D eigenvalue weighted by atomic mass is 16.6. The van der Waals surface area contributed by atoms with Crippen LogP contribution in [0.3, 0.4) is 0 Å². The molecule has 1 heterocycles. The van der Waals surface area contributed by atoms with Crippen LogP contribution in [0.15, 0.2) is 12.1 Å². The van der Waals surface area contributed by atoms with Crippen LogP contribution in [0.1, 0.15) is 20.3 Å². The Morgan fingerprint density at radius 2 is 2.20 bits per heavy atom. The van der Waals surface area contributed by atoms with Crippen molar-refractivity contribution < 1.29 is 19.6 Å². The summed E-state index contributed by atoms with van der Waals surface area (Å²) < 4.78 is 4.89. The second-order valence-corrected chi connectivity index (χ2v) is 4.64. The van der Waals surface area contributed by atoms with Gasteiger partial charge in [0.15, 0.2) is 0 Å². The molecule has 0 aliphatic heterocycles. The number of nitro groups is 1. The Morgan fingerprint density at radius 3 is 2.65 bits per heavy atom. The van der Waals surface area contributed by atoms with E-state index in [0.29, 0.717) is 6.42 Å². The Hall–Kier alpha value is -2.38. The molecule has 0 aliphatic rings. The summed E-state index contributed by atoms with van der Waals surface area (Å²) in [5, 5.41) is 22.7. The van der Waals surface area contributed by atoms with Gasteiger partial charge in [-0.1, -0.05) is 13.8 Å². The summed E-state index contributed by atoms with van der Waals surface area (Å²) in [5.74, 6) is -0.903. The smallest absolute Gasteiger partial charge is 0.326 e. The zero-order valence-corrected chi connectivity index (χ0v) is 11.5. The number of carboxylic acids is 1. The van der Waals surface area contributed by atoms with Gasteiger partial charge in [0.2, 0.25) is 11.7 Å². The average molecular weight is 283 g/mol. The zero-order chi connectivity index (χ0) is 15.3. The number of rotatable bonds is 7. The Morgan fingerprint density at radius 1 is 1.55 bits per heavy atom. The number of pyridine rings is 1. The normalized spacial score (nSPS) is 12.0. The fraction of sp³-hybridized carbons (Fsp3) is 0.500. The topological polar surface area (TPSA) is 115 Å². The first kappa shape index (κ1) is 15.7. The molecule has 1 unspecified atom stereocenters. The summed E-state index contributed by atoms with van der Waals surface area (Å²) in [5.41, 5.74) is -0.291. The quantitative estimate of drug-likeness (QED) is 0.580. The number of aliphatic carboxylic acids is 1. The number of carbonyl (C=O) groups is 1. The summed E-state index contributed by atoms with van der Waals surface area (Å²) in [6.45, 7) is 3.73. The summed E-state index contributed by atoms with van der Waals surface area (Å²) in [7, 11) is 1.38. The first-order valence-corrected chi connectivity index (χ1v) is 6.04. The highest BCUT2D eigenvalue weighted by molar-refractivity contribution is 5.78. The molecule has 1 aromatic heterocycles. The largest absolute Gasteiger partial charge is 0.481 e. The third kappa shape index (κ3) is 4.08. The van der Waals surface area contributed by atoms with Crippen molar-refractivity contribution in [3.63, 3.8) is 0 Å². The SMILES string of the molecule is COc1ccc([N+](=O)[O-])c(NC(CC(C)C)C(=O)O)n1. The maximum Gasteiger partial charge on any atom is 0.326 e. The highest BCUT2D eigenvalue weighted by Crippen LogP contribution is 2.26. The van der Waals surface area contributed by atoms with Crippen molar-refractivity contribution >= 4 is 17.5 Å². The summed E-state index contributed by atoms with van der Waals surface area (Å²) >= 11 is 0. The standard InChI is InChI=1S/C12H17N3O5/c1-7(2)6-8(12(16)17)13-11-9(15(18)19)4-5-10(14-11)20-3/h4-5,7-8H,6H2,1-3H3,(H,13,14)(H,16,17). The van der Waals surface area contributed by atoms with Gasteiger partial charge in [0.1, 0.15) is 6.04 Å². The van der Waals surface area contributed by atoms with Crippen LogP contribution in [-0.4, -0.2) is 34.1 Å². The molecule has 0 aromatic carbocycles. The van der Waals surface area contributed by atoms with E-state index < -0.39 is 16.9 Å². The van der Waals surface area contributed by atoms with Crippen LogP contribution >= 0.6 is 0 Å². The molecule has 0 saturated carbocycles. The molecule has 8 heteroatoms. The van der Waals surface area contributed by atoms with Crippen molar-refractivity contribution in [2.75, 3.05) is 12.4 Å². The highest BCUT2D eigenvalue weighted by Gasteiger charge is 2.24. The van der Waals surface area contributed by atoms with Crippen molar-refractivity contribution in [1.82, 2.24) is 4.98 Å². The molecular formula is C12H17N3O5. The molecule has 0 aliphatic carbocycles. The molecule has 110 valence electrons. The van der Waals surface area contributed by atoms with Gasteiger partial charge in [0.25, 0.3) is 0 Å². The third-order valence-corrected chi connectivity index (χ3v) is 2.57. The number of nitrogens with one attached hydrogen (secondary N) is 1. The lowest BCUT2D eigenvalue weighted by atomic mass is 10.0. The number of methoxy groups -OCH3 is 1. The molecule has 0 bridgehead atoms. The molecule has 1 atom stereocenters. The van der Waals surface area contributed by atoms with Crippen molar-refractivity contribution in [3.8, 4) is 5.88 Å². The number of hydrogen-bond donors (Lipinski definition) is 2. The molecule has 0 fully saturated rings. The number of anilines is 1. The lowest BCUT2D eigenvalue weighted by Gasteiger charge is -2.17. The number of ether oxygens (including phenoxy) is 1. The Labute approximate surface area is 115 Å². The first-order chi connectivity index (χ1) is 9.35. The fourth-order valence-corrected chi connectivity index (χ4v) is 1.66. The van der Waals surface area contributed by atoms with Crippen LogP contribution < -0.4 is 10.1 Å². The molecular weight excluding hydrogens is 266 g/mol. The van der Waals surface area contributed by atoms with E-state index >= 15 is 0 Å². The van der Waals surface area contributed by atoms with Crippen LogP contribution in [0.5, 0.6) is 5.88 Å². The monoisotopic (exact) mass is 283 g/mol. The lowest BCUT2D eigenvalue weighted by Crippen LogP contribution is -2.31. The van der Waals surface area contributed by atoms with Crippen molar-refractivity contribution in [1.29, 1.82) is 0 Å². The molecule has 0 amide bonds. The van der Waals surface area contributed by atoms with E-state index in [1.807, 2.05) is 13.8 Å². The second-order valence-electron chi connectivity index (χ2n) is 4.64. The number of nitrogens with zero attached hydrogens (tertiary/aromatic N) is 2. The molecule has 2 N–H and O–H groups in total. The second kappa shape index (κ2) is 6.69. The van der Waals surface area contributed by atoms with Gasteiger partial charge in [0, 0.05) is 12.1 Å². The van der Waals surface area contributed by atoms with E-state index in [-0.39, 0.29) is 23.3 Å². The van der Waals surface area contributed by atoms with Crippen molar-refractivity contribution in [2.45, 2.75) is 26.3 Å². The van der Waals surface area contributed by atoms with Crippen LogP contribution in [0, 0.1) is 16.0 Å². The van der Waals surface area contributed by atoms with Crippen molar-refractivity contribution in [2.24, 2.45) is 5.92 Å². The van der Waals surface area contributed by atoms with Gasteiger partial charge in [-0.3, -0.25) is 10.1 Å². The number of aromatic nitrogens is 1. The van der Waals surface area contributed by atoms with Gasteiger partial charge in [-0.15, -0.1) is 0 Å². The minimum atomic E-state index is -1.09. The van der Waals surface area contributed by atoms with Gasteiger partial charge >= 0.3 is 11.7 Å². The maximum absolute atomic E-state index is 11.2. The van der Waals surface area contributed by atoms with E-state index in [1.165, 1.54) is 19.2 Å². The summed E-state index contributed by atoms with van der Waals surface area (Å²) in [6, 6.07) is 1.62. The minimum absolute atomic E-state index is 0.109. The van der Waals surface area contributed by atoms with Crippen LogP contribution in [0.4, 0.5) is 11.5 Å². The van der Waals surface area contributed by atoms with E-state index in [4.69, 9.17) is 9.84 Å². The van der Waals surface area contributed by atoms with Gasteiger partial charge in [0.05, 0.1) is 12.0 Å². The maximum atomic E-state index is 11.2. The summed E-state index contributed by atoms with van der Waals surface area (Å²) in [4.78, 5) is 25.4. The van der Waals surface area contributed by atoms with Gasteiger partial charge in [-0.25, -0.2) is 4.79 Å². The zero-order valence-electron chi connectivity index (χ0n) is 11.5. The Bertz CT molecular complexity index is 504. The van der Waals surface area contributed by atoms with E-state index in [2.05, 4.69) is 10.3 Å². The van der Waals surface area contributed by atoms with Gasteiger partial charge in [-0.2, -0.15) is 4.98 Å². The molecule has 8 nitrogen and oxygen atoms in total.